The van der Waals surface area contributed by atoms with Crippen LogP contribution in [0.4, 0.5) is 5.69 Å². The molecule has 0 atom stereocenters. The zero-order valence-corrected chi connectivity index (χ0v) is 14.1. The number of hydrogen-bond acceptors (Lipinski definition) is 6. The Hall–Kier alpha value is -2.44. The predicted octanol–water partition coefficient (Wildman–Crippen LogP) is 3.51. The highest BCUT2D eigenvalue weighted by Gasteiger charge is 2.28. The molecule has 0 unspecified atom stereocenters. The number of carbonyl (C=O) groups excluding carboxylic acids is 2. The van der Waals surface area contributed by atoms with Gasteiger partial charge in [0.15, 0.2) is 0 Å². The molecule has 0 amide bonds. The van der Waals surface area contributed by atoms with Gasteiger partial charge in [0.05, 0.1) is 10.5 Å². The van der Waals surface area contributed by atoms with Crippen LogP contribution in [0.15, 0.2) is 18.2 Å². The van der Waals surface area contributed by atoms with E-state index in [9.17, 15) is 19.7 Å². The number of rotatable bonds is 3. The van der Waals surface area contributed by atoms with Gasteiger partial charge < -0.3 is 9.47 Å². The number of esters is 2. The molecule has 23 heavy (non-hydrogen) atoms. The summed E-state index contributed by atoms with van der Waals surface area (Å²) in [5.74, 6) is -1.54. The Labute approximate surface area is 134 Å². The number of nitro groups is 1. The highest BCUT2D eigenvalue weighted by Crippen LogP contribution is 2.24. The fourth-order valence-electron chi connectivity index (χ4n) is 1.66. The third kappa shape index (κ3) is 5.69. The summed E-state index contributed by atoms with van der Waals surface area (Å²) in [7, 11) is 0. The summed E-state index contributed by atoms with van der Waals surface area (Å²) < 4.78 is 10.4. The van der Waals surface area contributed by atoms with Crippen molar-refractivity contribution in [3.05, 3.63) is 39.4 Å². The van der Waals surface area contributed by atoms with Gasteiger partial charge in [-0.15, -0.1) is 0 Å². The molecule has 0 saturated heterocycles. The third-order valence-electron chi connectivity index (χ3n) is 2.45. The molecular formula is C16H21NO6. The highest BCUT2D eigenvalue weighted by molar-refractivity contribution is 5.98. The number of hydrogen-bond donors (Lipinski definition) is 0. The summed E-state index contributed by atoms with van der Waals surface area (Å²) in [6, 6.07) is 3.47. The SMILES string of the molecule is CC(C)(C)OC(=O)c1ccc([N+](=O)[O-])c(C(=O)OC(C)(C)C)c1. The van der Waals surface area contributed by atoms with Crippen molar-refractivity contribution in [2.45, 2.75) is 52.7 Å². The predicted molar refractivity (Wildman–Crippen MR) is 83.4 cm³/mol. The molecule has 0 heterocycles. The van der Waals surface area contributed by atoms with E-state index < -0.39 is 33.8 Å². The molecule has 1 aromatic rings. The van der Waals surface area contributed by atoms with Crippen molar-refractivity contribution in [2.75, 3.05) is 0 Å². The second kappa shape index (κ2) is 6.36. The lowest BCUT2D eigenvalue weighted by molar-refractivity contribution is -0.385. The minimum absolute atomic E-state index is 0.0476. The van der Waals surface area contributed by atoms with Crippen LogP contribution in [0.2, 0.25) is 0 Å². The monoisotopic (exact) mass is 323 g/mol. The van der Waals surface area contributed by atoms with Crippen molar-refractivity contribution in [1.29, 1.82) is 0 Å². The van der Waals surface area contributed by atoms with Gasteiger partial charge in [0, 0.05) is 6.07 Å². The summed E-state index contributed by atoms with van der Waals surface area (Å²) in [5, 5.41) is 11.1. The Morgan fingerprint density at radius 3 is 1.87 bits per heavy atom. The van der Waals surface area contributed by atoms with Gasteiger partial charge in [-0.3, -0.25) is 10.1 Å². The van der Waals surface area contributed by atoms with E-state index in [0.717, 1.165) is 12.1 Å². The topological polar surface area (TPSA) is 95.7 Å². The van der Waals surface area contributed by atoms with Crippen LogP contribution in [0.25, 0.3) is 0 Å². The number of carbonyl (C=O) groups is 2. The van der Waals surface area contributed by atoms with Crippen molar-refractivity contribution in [2.24, 2.45) is 0 Å². The molecular weight excluding hydrogens is 302 g/mol. The molecule has 0 bridgehead atoms. The zero-order valence-electron chi connectivity index (χ0n) is 14.1. The highest BCUT2D eigenvalue weighted by atomic mass is 16.6. The molecule has 0 N–H and O–H groups in total. The second-order valence-corrected chi connectivity index (χ2v) is 6.99. The Balaban J connectivity index is 3.26. The first-order valence-electron chi connectivity index (χ1n) is 7.05. The van der Waals surface area contributed by atoms with Crippen molar-refractivity contribution < 1.29 is 24.0 Å². The van der Waals surface area contributed by atoms with Crippen LogP contribution in [-0.2, 0) is 9.47 Å². The Morgan fingerprint density at radius 2 is 1.43 bits per heavy atom. The summed E-state index contributed by atoms with van der Waals surface area (Å²) in [6.45, 7) is 10.0. The van der Waals surface area contributed by atoms with Gasteiger partial charge in [-0.1, -0.05) is 0 Å². The van der Waals surface area contributed by atoms with Crippen molar-refractivity contribution in [3.8, 4) is 0 Å². The standard InChI is InChI=1S/C16H21NO6/c1-15(2,3)22-13(18)10-7-8-12(17(20)21)11(9-10)14(19)23-16(4,5)6/h7-9H,1-6H3. The van der Waals surface area contributed by atoms with E-state index in [-0.39, 0.29) is 11.1 Å². The van der Waals surface area contributed by atoms with Crippen molar-refractivity contribution in [1.82, 2.24) is 0 Å². The van der Waals surface area contributed by atoms with Gasteiger partial charge in [-0.2, -0.15) is 0 Å². The molecule has 0 aliphatic rings. The van der Waals surface area contributed by atoms with Crippen LogP contribution in [0.1, 0.15) is 62.3 Å². The van der Waals surface area contributed by atoms with Gasteiger partial charge in [0.1, 0.15) is 16.8 Å². The quantitative estimate of drug-likeness (QED) is 0.480. The number of nitrogens with zero attached hydrogens (tertiary/aromatic N) is 1. The lowest BCUT2D eigenvalue weighted by Gasteiger charge is -2.20. The first-order valence-corrected chi connectivity index (χ1v) is 7.05. The summed E-state index contributed by atoms with van der Waals surface area (Å²) in [6.07, 6.45) is 0. The van der Waals surface area contributed by atoms with E-state index in [1.165, 1.54) is 6.07 Å². The summed E-state index contributed by atoms with van der Waals surface area (Å²) in [4.78, 5) is 34.6. The maximum atomic E-state index is 12.2. The molecule has 1 aromatic carbocycles. The molecule has 0 aliphatic carbocycles. The van der Waals surface area contributed by atoms with E-state index in [0.29, 0.717) is 0 Å². The van der Waals surface area contributed by atoms with Crippen molar-refractivity contribution in [3.63, 3.8) is 0 Å². The molecule has 0 radical (unpaired) electrons. The molecule has 0 fully saturated rings. The van der Waals surface area contributed by atoms with Crippen LogP contribution in [0.3, 0.4) is 0 Å². The number of benzene rings is 1. The van der Waals surface area contributed by atoms with Crippen LogP contribution < -0.4 is 0 Å². The van der Waals surface area contributed by atoms with Gasteiger partial charge in [0.2, 0.25) is 0 Å². The summed E-state index contributed by atoms with van der Waals surface area (Å²) in [5.41, 5.74) is -2.19. The Kier molecular flexibility index (Phi) is 5.14. The van der Waals surface area contributed by atoms with Crippen molar-refractivity contribution >= 4 is 17.6 Å². The fourth-order valence-corrected chi connectivity index (χ4v) is 1.66. The third-order valence-corrected chi connectivity index (χ3v) is 2.45. The zero-order chi connectivity index (χ0) is 18.0. The second-order valence-electron chi connectivity index (χ2n) is 6.99. The van der Waals surface area contributed by atoms with Crippen LogP contribution in [0.5, 0.6) is 0 Å². The largest absolute Gasteiger partial charge is 0.456 e. The van der Waals surface area contributed by atoms with E-state index in [1.807, 2.05) is 0 Å². The molecule has 0 saturated carbocycles. The molecule has 7 nitrogen and oxygen atoms in total. The maximum absolute atomic E-state index is 12.2. The van der Waals surface area contributed by atoms with E-state index >= 15 is 0 Å². The summed E-state index contributed by atoms with van der Waals surface area (Å²) >= 11 is 0. The lowest BCUT2D eigenvalue weighted by Crippen LogP contribution is -2.26. The molecule has 1 rings (SSSR count). The number of nitro benzene ring substituents is 1. The molecule has 0 aromatic heterocycles. The smallest absolute Gasteiger partial charge is 0.345 e. The van der Waals surface area contributed by atoms with Gasteiger partial charge in [-0.25, -0.2) is 9.59 Å². The van der Waals surface area contributed by atoms with E-state index in [1.54, 1.807) is 41.5 Å². The first kappa shape index (κ1) is 18.6. The minimum Gasteiger partial charge on any atom is -0.456 e. The van der Waals surface area contributed by atoms with Crippen LogP contribution >= 0.6 is 0 Å². The average molecular weight is 323 g/mol. The van der Waals surface area contributed by atoms with E-state index in [2.05, 4.69) is 0 Å². The molecule has 126 valence electrons. The molecule has 0 spiro atoms. The minimum atomic E-state index is -0.866. The first-order chi connectivity index (χ1) is 10.3. The molecule has 7 heteroatoms. The van der Waals surface area contributed by atoms with Gasteiger partial charge >= 0.3 is 11.9 Å². The maximum Gasteiger partial charge on any atom is 0.345 e. The Morgan fingerprint density at radius 1 is 0.957 bits per heavy atom. The number of ether oxygens (including phenoxy) is 2. The Bertz CT molecular complexity index is 637. The lowest BCUT2D eigenvalue weighted by atomic mass is 10.1. The average Bonchev–Trinajstić information content (AvgIpc) is 2.33. The van der Waals surface area contributed by atoms with Gasteiger partial charge in [0.25, 0.3) is 5.69 Å². The van der Waals surface area contributed by atoms with E-state index in [4.69, 9.17) is 9.47 Å². The van der Waals surface area contributed by atoms with Crippen LogP contribution in [-0.4, -0.2) is 28.1 Å². The van der Waals surface area contributed by atoms with Crippen LogP contribution in [0, 0.1) is 10.1 Å². The fraction of sp³-hybridized carbons (Fsp3) is 0.500. The normalized spacial score (nSPS) is 11.7. The van der Waals surface area contributed by atoms with Gasteiger partial charge in [-0.05, 0) is 53.7 Å². The molecule has 0 aliphatic heterocycles.